The van der Waals surface area contributed by atoms with Gasteiger partial charge in [0, 0.05) is 6.92 Å². The Kier molecular flexibility index (Phi) is 2.69. The van der Waals surface area contributed by atoms with Crippen LogP contribution in [-0.2, 0) is 9.53 Å². The number of hydrogen-bond acceptors (Lipinski definition) is 2. The van der Waals surface area contributed by atoms with E-state index < -0.39 is 0 Å². The molecule has 0 N–H and O–H groups in total. The highest BCUT2D eigenvalue weighted by molar-refractivity contribution is 5.66. The molecular weight excluding hydrogens is 236 g/mol. The maximum Gasteiger partial charge on any atom is 0.303 e. The van der Waals surface area contributed by atoms with Crippen molar-refractivity contribution in [1.29, 1.82) is 0 Å². The van der Waals surface area contributed by atoms with Crippen LogP contribution in [-0.4, -0.2) is 12.1 Å². The van der Waals surface area contributed by atoms with Crippen LogP contribution in [0.4, 0.5) is 0 Å². The Morgan fingerprint density at radius 3 is 2.63 bits per heavy atom. The predicted molar refractivity (Wildman–Crippen MR) is 75.5 cm³/mol. The average Bonchev–Trinajstić information content (AvgIpc) is 2.70. The van der Waals surface area contributed by atoms with Gasteiger partial charge in [0.15, 0.2) is 0 Å². The minimum absolute atomic E-state index is 0.0407. The lowest BCUT2D eigenvalue weighted by molar-refractivity contribution is -0.147. The van der Waals surface area contributed by atoms with Crippen molar-refractivity contribution in [2.24, 2.45) is 28.6 Å². The first-order valence-electron chi connectivity index (χ1n) is 7.65. The summed E-state index contributed by atoms with van der Waals surface area (Å²) in [5.74, 6) is 1.90. The molecule has 0 heterocycles. The van der Waals surface area contributed by atoms with Crippen molar-refractivity contribution >= 4 is 5.97 Å². The Bertz CT molecular complexity index is 437. The molecule has 3 aliphatic rings. The predicted octanol–water partition coefficient (Wildman–Crippen LogP) is 3.96. The number of carbonyl (C=O) groups is 1. The van der Waals surface area contributed by atoms with Crippen LogP contribution in [0.15, 0.2) is 12.2 Å². The summed E-state index contributed by atoms with van der Waals surface area (Å²) in [4.78, 5) is 11.4. The van der Waals surface area contributed by atoms with Crippen molar-refractivity contribution < 1.29 is 9.53 Å². The molecule has 0 saturated heterocycles. The van der Waals surface area contributed by atoms with Crippen LogP contribution in [0.25, 0.3) is 0 Å². The van der Waals surface area contributed by atoms with Gasteiger partial charge in [-0.3, -0.25) is 4.79 Å². The van der Waals surface area contributed by atoms with Gasteiger partial charge < -0.3 is 4.74 Å². The zero-order valence-electron chi connectivity index (χ0n) is 12.7. The van der Waals surface area contributed by atoms with Gasteiger partial charge in [0.05, 0.1) is 0 Å². The van der Waals surface area contributed by atoms with Crippen molar-refractivity contribution in [1.82, 2.24) is 0 Å². The van der Waals surface area contributed by atoms with Crippen molar-refractivity contribution in [3.05, 3.63) is 12.2 Å². The first kappa shape index (κ1) is 13.2. The molecule has 5 atom stereocenters. The van der Waals surface area contributed by atoms with Crippen LogP contribution in [0.2, 0.25) is 0 Å². The van der Waals surface area contributed by atoms with E-state index in [9.17, 15) is 4.79 Å². The third-order valence-electron chi connectivity index (χ3n) is 6.68. The highest BCUT2D eigenvalue weighted by Crippen LogP contribution is 2.72. The molecule has 106 valence electrons. The molecule has 3 rings (SSSR count). The van der Waals surface area contributed by atoms with Crippen molar-refractivity contribution in [2.45, 2.75) is 59.5 Å². The summed E-state index contributed by atoms with van der Waals surface area (Å²) in [6, 6.07) is 0. The van der Waals surface area contributed by atoms with E-state index in [4.69, 9.17) is 4.74 Å². The van der Waals surface area contributed by atoms with Crippen LogP contribution < -0.4 is 0 Å². The molecule has 2 heteroatoms. The maximum absolute atomic E-state index is 11.4. The van der Waals surface area contributed by atoms with E-state index in [2.05, 4.69) is 27.4 Å². The zero-order chi connectivity index (χ0) is 14.0. The molecule has 0 aromatic carbocycles. The molecule has 3 fully saturated rings. The Hall–Kier alpha value is -0.790. The Balaban J connectivity index is 2.00. The molecular formula is C17H26O2. The van der Waals surface area contributed by atoms with Crippen LogP contribution in [0.3, 0.4) is 0 Å². The summed E-state index contributed by atoms with van der Waals surface area (Å²) in [7, 11) is 0. The molecule has 0 amide bonds. The van der Waals surface area contributed by atoms with E-state index in [1.54, 1.807) is 0 Å². The van der Waals surface area contributed by atoms with E-state index in [0.29, 0.717) is 16.7 Å². The summed E-state index contributed by atoms with van der Waals surface area (Å²) < 4.78 is 5.59. The normalized spacial score (nSPS) is 47.1. The smallest absolute Gasteiger partial charge is 0.303 e. The first-order valence-corrected chi connectivity index (χ1v) is 7.65. The van der Waals surface area contributed by atoms with E-state index in [1.807, 2.05) is 0 Å². The first-order chi connectivity index (χ1) is 8.79. The van der Waals surface area contributed by atoms with Gasteiger partial charge in [-0.1, -0.05) is 27.4 Å². The Labute approximate surface area is 116 Å². The molecule has 0 aliphatic heterocycles. The summed E-state index contributed by atoms with van der Waals surface area (Å²) in [5.41, 5.74) is 1.89. The minimum Gasteiger partial charge on any atom is -0.458 e. The van der Waals surface area contributed by atoms with Crippen LogP contribution in [0.1, 0.15) is 53.4 Å². The lowest BCUT2D eigenvalue weighted by Crippen LogP contribution is -2.38. The van der Waals surface area contributed by atoms with Gasteiger partial charge in [0.1, 0.15) is 6.10 Å². The number of rotatable bonds is 1. The monoisotopic (exact) mass is 262 g/mol. The summed E-state index contributed by atoms with van der Waals surface area (Å²) in [6.45, 7) is 13.0. The summed E-state index contributed by atoms with van der Waals surface area (Å²) >= 11 is 0. The largest absolute Gasteiger partial charge is 0.458 e. The lowest BCUT2D eigenvalue weighted by atomic mass is 9.66. The summed E-state index contributed by atoms with van der Waals surface area (Å²) in [5, 5.41) is 0. The maximum atomic E-state index is 11.4. The van der Waals surface area contributed by atoms with Gasteiger partial charge in [-0.25, -0.2) is 0 Å². The highest BCUT2D eigenvalue weighted by Gasteiger charge is 2.66. The van der Waals surface area contributed by atoms with Crippen LogP contribution in [0, 0.1) is 28.6 Å². The molecule has 5 unspecified atom stereocenters. The Morgan fingerprint density at radius 2 is 2.00 bits per heavy atom. The van der Waals surface area contributed by atoms with Crippen molar-refractivity contribution in [3.8, 4) is 0 Å². The van der Waals surface area contributed by atoms with Gasteiger partial charge in [-0.05, 0) is 59.8 Å². The summed E-state index contributed by atoms with van der Waals surface area (Å²) in [6.07, 6.45) is 4.91. The number of hydrogen-bond donors (Lipinski definition) is 0. The second-order valence-electron chi connectivity index (χ2n) is 7.72. The third-order valence-corrected chi connectivity index (χ3v) is 6.68. The minimum atomic E-state index is -0.163. The molecule has 2 bridgehead atoms. The molecule has 0 radical (unpaired) electrons. The highest BCUT2D eigenvalue weighted by atomic mass is 16.5. The van der Waals surface area contributed by atoms with Gasteiger partial charge in [0.2, 0.25) is 0 Å². The fraction of sp³-hybridized carbons (Fsp3) is 0.824. The van der Waals surface area contributed by atoms with Gasteiger partial charge >= 0.3 is 5.97 Å². The fourth-order valence-corrected chi connectivity index (χ4v) is 5.73. The quantitative estimate of drug-likeness (QED) is 0.528. The Morgan fingerprint density at radius 1 is 1.32 bits per heavy atom. The number of ether oxygens (including phenoxy) is 1. The fourth-order valence-electron chi connectivity index (χ4n) is 5.73. The van der Waals surface area contributed by atoms with Gasteiger partial charge in [-0.2, -0.15) is 0 Å². The number of esters is 1. The second kappa shape index (κ2) is 3.86. The van der Waals surface area contributed by atoms with Crippen molar-refractivity contribution in [2.75, 3.05) is 0 Å². The van der Waals surface area contributed by atoms with Gasteiger partial charge in [0.25, 0.3) is 0 Å². The molecule has 0 aromatic rings. The second-order valence-corrected chi connectivity index (χ2v) is 7.72. The van der Waals surface area contributed by atoms with E-state index in [-0.39, 0.29) is 12.1 Å². The van der Waals surface area contributed by atoms with E-state index >= 15 is 0 Å². The van der Waals surface area contributed by atoms with Crippen molar-refractivity contribution in [3.63, 3.8) is 0 Å². The molecule has 0 aromatic heterocycles. The standard InChI is InChI=1S/C17H26O2/c1-10-6-7-15-16(4,5)13-8-17(10,15)9-14(11(13)2)19-12(3)18/h10,13-15H,2,6-9H2,1,3-5H3. The SMILES string of the molecule is C=C1C(OC(C)=O)CC23CC1C(C)(C)C2CCC3C. The lowest BCUT2D eigenvalue weighted by Gasteiger charge is -2.41. The topological polar surface area (TPSA) is 26.3 Å². The number of fused-ring (bicyclic) bond motifs is 1. The van der Waals surface area contributed by atoms with Crippen LogP contribution in [0.5, 0.6) is 0 Å². The molecule has 2 nitrogen and oxygen atoms in total. The number of carbonyl (C=O) groups excluding carboxylic acids is 1. The molecule has 1 spiro atoms. The molecule has 3 aliphatic carbocycles. The van der Waals surface area contributed by atoms with Gasteiger partial charge in [-0.15, -0.1) is 0 Å². The van der Waals surface area contributed by atoms with E-state index in [1.165, 1.54) is 31.8 Å². The van der Waals surface area contributed by atoms with Crippen LogP contribution >= 0.6 is 0 Å². The third kappa shape index (κ3) is 1.58. The van der Waals surface area contributed by atoms with E-state index in [0.717, 1.165) is 18.3 Å². The molecule has 19 heavy (non-hydrogen) atoms. The average molecular weight is 262 g/mol. The zero-order valence-corrected chi connectivity index (χ0v) is 12.7. The molecule has 3 saturated carbocycles.